The van der Waals surface area contributed by atoms with Gasteiger partial charge in [-0.3, -0.25) is 0 Å². The summed E-state index contributed by atoms with van der Waals surface area (Å²) in [6.45, 7) is 12.1. The minimum absolute atomic E-state index is 0.147. The first-order valence-electron chi connectivity index (χ1n) is 5.70. The Hall–Kier alpha value is -0.810. The van der Waals surface area contributed by atoms with Gasteiger partial charge in [0.1, 0.15) is 0 Å². The fourth-order valence-electron chi connectivity index (χ4n) is 0.890. The molecule has 0 heterocycles. The molecule has 0 aromatic rings. The largest absolute Gasteiger partial charge is 0.508 e. The Kier molecular flexibility index (Phi) is 5.92. The molecule has 1 N–H and O–H groups in total. The van der Waals surface area contributed by atoms with E-state index in [-0.39, 0.29) is 5.41 Å². The van der Waals surface area contributed by atoms with E-state index in [1.807, 2.05) is 20.8 Å². The van der Waals surface area contributed by atoms with Crippen LogP contribution in [0.2, 0.25) is 0 Å². The number of carboxylic acid groups (broad SMARTS) is 1. The third-order valence-electron chi connectivity index (χ3n) is 2.01. The van der Waals surface area contributed by atoms with Gasteiger partial charge in [-0.05, 0) is 11.8 Å². The Labute approximate surface area is 103 Å². The zero-order chi connectivity index (χ0) is 13.7. The molecule has 0 aromatic carbocycles. The van der Waals surface area contributed by atoms with Gasteiger partial charge >= 0.3 is 6.16 Å². The number of hydrogen-bond acceptors (Lipinski definition) is 4. The average molecular weight is 248 g/mol. The van der Waals surface area contributed by atoms with Crippen LogP contribution >= 0.6 is 0 Å². The van der Waals surface area contributed by atoms with Crippen LogP contribution < -0.4 is 0 Å². The first-order chi connectivity index (χ1) is 7.52. The van der Waals surface area contributed by atoms with E-state index in [0.717, 1.165) is 6.42 Å². The summed E-state index contributed by atoms with van der Waals surface area (Å²) >= 11 is 0. The van der Waals surface area contributed by atoms with Crippen molar-refractivity contribution in [3.05, 3.63) is 0 Å². The summed E-state index contributed by atoms with van der Waals surface area (Å²) in [5, 5.41) is 8.58. The monoisotopic (exact) mass is 248 g/mol. The van der Waals surface area contributed by atoms with E-state index in [4.69, 9.17) is 14.9 Å². The maximum absolute atomic E-state index is 10.5. The van der Waals surface area contributed by atoms with Crippen LogP contribution in [0.3, 0.4) is 0 Å². The maximum Gasteiger partial charge on any atom is 0.508 e. The molecule has 0 radical (unpaired) electrons. The molecule has 0 amide bonds. The Bertz CT molecular complexity index is 236. The van der Waals surface area contributed by atoms with Crippen molar-refractivity contribution in [2.24, 2.45) is 10.8 Å². The lowest BCUT2D eigenvalue weighted by atomic mass is 9.93. The molecular formula is C12H24O5. The zero-order valence-corrected chi connectivity index (χ0v) is 11.6. The minimum Gasteiger partial charge on any atom is -0.450 e. The normalized spacial score (nSPS) is 14.5. The molecule has 102 valence electrons. The van der Waals surface area contributed by atoms with E-state index in [2.05, 4.69) is 25.5 Å². The van der Waals surface area contributed by atoms with Crippen molar-refractivity contribution in [1.29, 1.82) is 0 Å². The molecular weight excluding hydrogens is 224 g/mol. The van der Waals surface area contributed by atoms with Gasteiger partial charge in [0.25, 0.3) is 0 Å². The van der Waals surface area contributed by atoms with Crippen molar-refractivity contribution < 1.29 is 24.4 Å². The van der Waals surface area contributed by atoms with Crippen molar-refractivity contribution >= 4 is 6.16 Å². The highest BCUT2D eigenvalue weighted by molar-refractivity contribution is 5.56. The van der Waals surface area contributed by atoms with E-state index in [0.29, 0.717) is 6.61 Å². The van der Waals surface area contributed by atoms with Crippen molar-refractivity contribution in [1.82, 2.24) is 0 Å². The number of hydrogen-bond donors (Lipinski definition) is 1. The van der Waals surface area contributed by atoms with Crippen molar-refractivity contribution in [2.45, 2.75) is 54.3 Å². The van der Waals surface area contributed by atoms with Crippen LogP contribution in [-0.4, -0.2) is 24.2 Å². The summed E-state index contributed by atoms with van der Waals surface area (Å²) in [6.07, 6.45) is -1.49. The maximum atomic E-state index is 10.5. The Morgan fingerprint density at radius 3 is 2.06 bits per heavy atom. The van der Waals surface area contributed by atoms with E-state index in [1.54, 1.807) is 0 Å². The summed E-state index contributed by atoms with van der Waals surface area (Å²) in [4.78, 5) is 20.5. The molecule has 0 fully saturated rings. The van der Waals surface area contributed by atoms with Crippen LogP contribution in [0.5, 0.6) is 0 Å². The lowest BCUT2D eigenvalue weighted by Crippen LogP contribution is -2.34. The van der Waals surface area contributed by atoms with E-state index in [9.17, 15) is 4.79 Å². The number of carbonyl (C=O) groups is 1. The van der Waals surface area contributed by atoms with Gasteiger partial charge < -0.3 is 9.84 Å². The van der Waals surface area contributed by atoms with Gasteiger partial charge in [-0.25, -0.2) is 9.68 Å². The highest BCUT2D eigenvalue weighted by Crippen LogP contribution is 2.24. The molecule has 5 nitrogen and oxygen atoms in total. The molecule has 17 heavy (non-hydrogen) atoms. The SMILES string of the molecule is CC(C)(C)CCOOC(OC(=O)O)C(C)(C)C. The zero-order valence-electron chi connectivity index (χ0n) is 11.6. The van der Waals surface area contributed by atoms with Gasteiger partial charge in [-0.2, -0.15) is 4.89 Å². The second-order valence-corrected chi connectivity index (χ2v) is 6.31. The van der Waals surface area contributed by atoms with Crippen LogP contribution in [0.4, 0.5) is 4.79 Å². The van der Waals surface area contributed by atoms with Crippen molar-refractivity contribution in [3.8, 4) is 0 Å². The van der Waals surface area contributed by atoms with Gasteiger partial charge in [0.15, 0.2) is 0 Å². The van der Waals surface area contributed by atoms with Gasteiger partial charge in [-0.15, -0.1) is 0 Å². The molecule has 0 rings (SSSR count). The smallest absolute Gasteiger partial charge is 0.450 e. The van der Waals surface area contributed by atoms with Crippen LogP contribution in [0.25, 0.3) is 0 Å². The van der Waals surface area contributed by atoms with Gasteiger partial charge in [0.2, 0.25) is 6.29 Å². The van der Waals surface area contributed by atoms with E-state index < -0.39 is 17.9 Å². The predicted octanol–water partition coefficient (Wildman–Crippen LogP) is 3.44. The molecule has 0 saturated heterocycles. The Balaban J connectivity index is 4.06. The predicted molar refractivity (Wildman–Crippen MR) is 63.5 cm³/mol. The molecule has 0 aliphatic heterocycles. The number of rotatable bonds is 5. The fourth-order valence-corrected chi connectivity index (χ4v) is 0.890. The van der Waals surface area contributed by atoms with Crippen LogP contribution in [0.15, 0.2) is 0 Å². The second kappa shape index (κ2) is 6.21. The van der Waals surface area contributed by atoms with Crippen LogP contribution in [0, 0.1) is 10.8 Å². The van der Waals surface area contributed by atoms with Gasteiger partial charge in [-0.1, -0.05) is 41.5 Å². The highest BCUT2D eigenvalue weighted by atomic mass is 17.2. The summed E-state index contributed by atoms with van der Waals surface area (Å²) in [7, 11) is 0. The first-order valence-corrected chi connectivity index (χ1v) is 5.70. The van der Waals surface area contributed by atoms with E-state index in [1.165, 1.54) is 0 Å². The molecule has 0 spiro atoms. The average Bonchev–Trinajstić information content (AvgIpc) is 2.06. The Morgan fingerprint density at radius 2 is 1.71 bits per heavy atom. The van der Waals surface area contributed by atoms with E-state index >= 15 is 0 Å². The highest BCUT2D eigenvalue weighted by Gasteiger charge is 2.30. The Morgan fingerprint density at radius 1 is 1.18 bits per heavy atom. The van der Waals surface area contributed by atoms with Gasteiger partial charge in [0.05, 0.1) is 6.61 Å². The van der Waals surface area contributed by atoms with Crippen molar-refractivity contribution in [3.63, 3.8) is 0 Å². The summed E-state index contributed by atoms with van der Waals surface area (Å²) in [6, 6.07) is 0. The van der Waals surface area contributed by atoms with Gasteiger partial charge in [0, 0.05) is 5.41 Å². The molecule has 0 aliphatic carbocycles. The summed E-state index contributed by atoms with van der Waals surface area (Å²) < 4.78 is 4.62. The third kappa shape index (κ3) is 8.94. The molecule has 1 unspecified atom stereocenters. The fraction of sp³-hybridized carbons (Fsp3) is 0.917. The molecule has 5 heteroatoms. The minimum atomic E-state index is -1.37. The molecule has 1 atom stereocenters. The lowest BCUT2D eigenvalue weighted by Gasteiger charge is -2.27. The number of ether oxygens (including phenoxy) is 1. The second-order valence-electron chi connectivity index (χ2n) is 6.31. The molecule has 0 bridgehead atoms. The summed E-state index contributed by atoms with van der Waals surface area (Å²) in [5.74, 6) is 0. The quantitative estimate of drug-likeness (QED) is 0.265. The molecule has 0 saturated carbocycles. The van der Waals surface area contributed by atoms with Crippen LogP contribution in [0.1, 0.15) is 48.0 Å². The summed E-state index contributed by atoms with van der Waals surface area (Å²) in [5.41, 5.74) is -0.325. The topological polar surface area (TPSA) is 65.0 Å². The van der Waals surface area contributed by atoms with Crippen LogP contribution in [-0.2, 0) is 14.5 Å². The lowest BCUT2D eigenvalue weighted by molar-refractivity contribution is -0.390. The molecule has 0 aromatic heterocycles. The first kappa shape index (κ1) is 16.2. The molecule has 0 aliphatic rings. The standard InChI is InChI=1S/C12H24O5/c1-11(2,3)7-8-15-17-9(12(4,5)6)16-10(13)14/h9H,7-8H2,1-6H3,(H,13,14). The van der Waals surface area contributed by atoms with Crippen molar-refractivity contribution in [2.75, 3.05) is 6.61 Å². The third-order valence-corrected chi connectivity index (χ3v) is 2.01.